The summed E-state index contributed by atoms with van der Waals surface area (Å²) in [5.74, 6) is 1.93. The van der Waals surface area contributed by atoms with E-state index in [1.54, 1.807) is 0 Å². The Bertz CT molecular complexity index is 218. The second-order valence-electron chi connectivity index (χ2n) is 5.32. The fourth-order valence-electron chi connectivity index (χ4n) is 2.60. The molecule has 0 bridgehead atoms. The van der Waals surface area contributed by atoms with Crippen LogP contribution in [0, 0.1) is 11.8 Å². The molecule has 1 aliphatic rings. The van der Waals surface area contributed by atoms with Crippen molar-refractivity contribution in [2.75, 3.05) is 26.2 Å². The fraction of sp³-hybridized carbons (Fsp3) is 0.929. The highest BCUT2D eigenvalue weighted by Crippen LogP contribution is 2.27. The third kappa shape index (κ3) is 5.07. The Morgan fingerprint density at radius 1 is 1.18 bits per heavy atom. The molecule has 1 saturated carbocycles. The lowest BCUT2D eigenvalue weighted by atomic mass is 9.83. The van der Waals surface area contributed by atoms with E-state index in [9.17, 15) is 4.79 Å². The number of carbonyl (C=O) groups excluding carboxylic acids is 1. The highest BCUT2D eigenvalue weighted by Gasteiger charge is 2.18. The topological polar surface area (TPSA) is 32.3 Å². The van der Waals surface area contributed by atoms with Crippen molar-refractivity contribution in [2.45, 2.75) is 46.5 Å². The Morgan fingerprint density at radius 3 is 2.29 bits per heavy atom. The van der Waals surface area contributed by atoms with Gasteiger partial charge in [0.05, 0.1) is 6.54 Å². The first-order chi connectivity index (χ1) is 8.17. The average Bonchev–Trinajstić information content (AvgIpc) is 2.33. The van der Waals surface area contributed by atoms with Crippen molar-refractivity contribution in [1.82, 2.24) is 10.2 Å². The number of nitrogens with one attached hydrogen (secondary N) is 1. The van der Waals surface area contributed by atoms with Crippen LogP contribution in [0.5, 0.6) is 0 Å². The monoisotopic (exact) mass is 240 g/mol. The highest BCUT2D eigenvalue weighted by molar-refractivity contribution is 5.78. The smallest absolute Gasteiger partial charge is 0.236 e. The van der Waals surface area contributed by atoms with E-state index in [2.05, 4.69) is 12.2 Å². The Kier molecular flexibility index (Phi) is 6.56. The largest absolute Gasteiger partial charge is 0.342 e. The number of likely N-dealkylation sites (N-methyl/N-ethyl adjacent to an activating group) is 1. The second-order valence-corrected chi connectivity index (χ2v) is 5.32. The van der Waals surface area contributed by atoms with Crippen molar-refractivity contribution in [1.29, 1.82) is 0 Å². The molecule has 0 spiro atoms. The molecule has 1 N–H and O–H groups in total. The Hall–Kier alpha value is -0.570. The molecule has 1 aliphatic carbocycles. The van der Waals surface area contributed by atoms with Crippen LogP contribution in [0.3, 0.4) is 0 Å². The van der Waals surface area contributed by atoms with E-state index in [4.69, 9.17) is 0 Å². The molecule has 3 heteroatoms. The van der Waals surface area contributed by atoms with E-state index >= 15 is 0 Å². The zero-order valence-corrected chi connectivity index (χ0v) is 11.7. The summed E-state index contributed by atoms with van der Waals surface area (Å²) in [6.07, 6.45) is 5.37. The first-order valence-corrected chi connectivity index (χ1v) is 7.15. The summed E-state index contributed by atoms with van der Waals surface area (Å²) in [6.45, 7) is 9.56. The highest BCUT2D eigenvalue weighted by atomic mass is 16.2. The third-order valence-corrected chi connectivity index (χ3v) is 3.96. The minimum Gasteiger partial charge on any atom is -0.342 e. The predicted octanol–water partition coefficient (Wildman–Crippen LogP) is 2.27. The standard InChI is InChI=1S/C14H28N2O/c1-4-16(5-2)14(17)11-15-10-13-8-6-12(3)7-9-13/h12-13,15H,4-11H2,1-3H3. The molecular weight excluding hydrogens is 212 g/mol. The molecule has 0 aromatic rings. The summed E-state index contributed by atoms with van der Waals surface area (Å²) in [5.41, 5.74) is 0. The van der Waals surface area contributed by atoms with Crippen LogP contribution in [0.1, 0.15) is 46.5 Å². The summed E-state index contributed by atoms with van der Waals surface area (Å²) in [4.78, 5) is 13.6. The van der Waals surface area contributed by atoms with Gasteiger partial charge < -0.3 is 10.2 Å². The van der Waals surface area contributed by atoms with E-state index in [1.807, 2.05) is 18.7 Å². The minimum absolute atomic E-state index is 0.235. The maximum Gasteiger partial charge on any atom is 0.236 e. The SMILES string of the molecule is CCN(CC)C(=O)CNCC1CCC(C)CC1. The van der Waals surface area contributed by atoms with Crippen molar-refractivity contribution < 1.29 is 4.79 Å². The Balaban J connectivity index is 2.13. The molecule has 0 saturated heterocycles. The quantitative estimate of drug-likeness (QED) is 0.772. The van der Waals surface area contributed by atoms with Gasteiger partial charge in [0.25, 0.3) is 0 Å². The molecule has 0 aromatic heterocycles. The van der Waals surface area contributed by atoms with Crippen molar-refractivity contribution in [3.05, 3.63) is 0 Å². The average molecular weight is 240 g/mol. The van der Waals surface area contributed by atoms with Gasteiger partial charge in [-0.25, -0.2) is 0 Å². The summed E-state index contributed by atoms with van der Waals surface area (Å²) in [7, 11) is 0. The van der Waals surface area contributed by atoms with Gasteiger partial charge in [0, 0.05) is 13.1 Å². The summed E-state index contributed by atoms with van der Waals surface area (Å²) >= 11 is 0. The lowest BCUT2D eigenvalue weighted by Gasteiger charge is -2.26. The third-order valence-electron chi connectivity index (χ3n) is 3.96. The van der Waals surface area contributed by atoms with Crippen LogP contribution in [-0.4, -0.2) is 37.0 Å². The lowest BCUT2D eigenvalue weighted by Crippen LogP contribution is -2.39. The van der Waals surface area contributed by atoms with Gasteiger partial charge in [0.15, 0.2) is 0 Å². The second kappa shape index (κ2) is 7.70. The lowest BCUT2D eigenvalue weighted by molar-refractivity contribution is -0.129. The molecular formula is C14H28N2O. The number of rotatable bonds is 6. The molecule has 3 nitrogen and oxygen atoms in total. The van der Waals surface area contributed by atoms with Gasteiger partial charge in [-0.1, -0.05) is 19.8 Å². The Labute approximate surface area is 106 Å². The van der Waals surface area contributed by atoms with Crippen LogP contribution in [-0.2, 0) is 4.79 Å². The molecule has 0 atom stereocenters. The summed E-state index contributed by atoms with van der Waals surface area (Å²) in [6, 6.07) is 0. The van der Waals surface area contributed by atoms with Crippen molar-refractivity contribution in [3.63, 3.8) is 0 Å². The van der Waals surface area contributed by atoms with Gasteiger partial charge in [-0.3, -0.25) is 4.79 Å². The molecule has 1 fully saturated rings. The number of amides is 1. The molecule has 0 aromatic carbocycles. The zero-order chi connectivity index (χ0) is 12.7. The molecule has 0 aliphatic heterocycles. The molecule has 100 valence electrons. The van der Waals surface area contributed by atoms with Crippen LogP contribution in [0.2, 0.25) is 0 Å². The number of hydrogen-bond acceptors (Lipinski definition) is 2. The molecule has 0 radical (unpaired) electrons. The first kappa shape index (κ1) is 14.5. The molecule has 0 heterocycles. The van der Waals surface area contributed by atoms with Gasteiger partial charge in [0.2, 0.25) is 5.91 Å². The molecule has 1 rings (SSSR count). The predicted molar refractivity (Wildman–Crippen MR) is 71.9 cm³/mol. The normalized spacial score (nSPS) is 24.6. The van der Waals surface area contributed by atoms with Gasteiger partial charge in [-0.05, 0) is 45.1 Å². The number of carbonyl (C=O) groups is 1. The van der Waals surface area contributed by atoms with Crippen LogP contribution in [0.25, 0.3) is 0 Å². The molecule has 0 unspecified atom stereocenters. The maximum atomic E-state index is 11.8. The summed E-state index contributed by atoms with van der Waals surface area (Å²) < 4.78 is 0. The fourth-order valence-corrected chi connectivity index (χ4v) is 2.60. The van der Waals surface area contributed by atoms with Crippen molar-refractivity contribution in [3.8, 4) is 0 Å². The minimum atomic E-state index is 0.235. The van der Waals surface area contributed by atoms with Gasteiger partial charge >= 0.3 is 0 Å². The molecule has 1 amide bonds. The van der Waals surface area contributed by atoms with Gasteiger partial charge in [-0.2, -0.15) is 0 Å². The summed E-state index contributed by atoms with van der Waals surface area (Å²) in [5, 5.41) is 3.33. The van der Waals surface area contributed by atoms with E-state index in [-0.39, 0.29) is 5.91 Å². The molecule has 17 heavy (non-hydrogen) atoms. The first-order valence-electron chi connectivity index (χ1n) is 7.15. The van der Waals surface area contributed by atoms with Crippen molar-refractivity contribution in [2.24, 2.45) is 11.8 Å². The zero-order valence-electron chi connectivity index (χ0n) is 11.7. The van der Waals surface area contributed by atoms with Crippen LogP contribution >= 0.6 is 0 Å². The van der Waals surface area contributed by atoms with Gasteiger partial charge in [-0.15, -0.1) is 0 Å². The Morgan fingerprint density at radius 2 is 1.76 bits per heavy atom. The van der Waals surface area contributed by atoms with Gasteiger partial charge in [0.1, 0.15) is 0 Å². The van der Waals surface area contributed by atoms with Crippen LogP contribution in [0.4, 0.5) is 0 Å². The van der Waals surface area contributed by atoms with Crippen LogP contribution < -0.4 is 5.32 Å². The van der Waals surface area contributed by atoms with Crippen molar-refractivity contribution >= 4 is 5.91 Å². The van der Waals surface area contributed by atoms with E-state index in [0.717, 1.165) is 31.5 Å². The van der Waals surface area contributed by atoms with E-state index < -0.39 is 0 Å². The van der Waals surface area contributed by atoms with E-state index in [0.29, 0.717) is 6.54 Å². The number of nitrogens with zero attached hydrogens (tertiary/aromatic N) is 1. The number of hydrogen-bond donors (Lipinski definition) is 1. The maximum absolute atomic E-state index is 11.8. The van der Waals surface area contributed by atoms with E-state index in [1.165, 1.54) is 25.7 Å². The van der Waals surface area contributed by atoms with Crippen LogP contribution in [0.15, 0.2) is 0 Å².